The summed E-state index contributed by atoms with van der Waals surface area (Å²) in [4.78, 5) is 43.6. The zero-order valence-electron chi connectivity index (χ0n) is 18.6. The molecule has 166 valence electrons. The van der Waals surface area contributed by atoms with Crippen molar-refractivity contribution in [3.63, 3.8) is 0 Å². The van der Waals surface area contributed by atoms with Gasteiger partial charge in [-0.05, 0) is 43.4 Å². The van der Waals surface area contributed by atoms with Crippen LogP contribution in [0.15, 0.2) is 40.5 Å². The smallest absolute Gasteiger partial charge is 0.336 e. The van der Waals surface area contributed by atoms with Gasteiger partial charge in [-0.1, -0.05) is 26.0 Å². The van der Waals surface area contributed by atoms with Crippen LogP contribution in [0.1, 0.15) is 45.1 Å². The summed E-state index contributed by atoms with van der Waals surface area (Å²) in [6, 6.07) is 7.26. The van der Waals surface area contributed by atoms with E-state index in [9.17, 15) is 14.4 Å². The number of nitrogens with zero attached hydrogens (tertiary/aromatic N) is 1. The van der Waals surface area contributed by atoms with E-state index in [-0.39, 0.29) is 18.3 Å². The first-order valence-electron chi connectivity index (χ1n) is 10.5. The molecule has 0 aromatic heterocycles. The van der Waals surface area contributed by atoms with Crippen LogP contribution in [-0.2, 0) is 23.9 Å². The van der Waals surface area contributed by atoms with Crippen molar-refractivity contribution in [3.05, 3.63) is 41.1 Å². The second-order valence-electron chi connectivity index (χ2n) is 8.05. The van der Waals surface area contributed by atoms with Gasteiger partial charge in [-0.15, -0.1) is 0 Å². The second-order valence-corrected chi connectivity index (χ2v) is 8.05. The highest BCUT2D eigenvalue weighted by Gasteiger charge is 2.51. The van der Waals surface area contributed by atoms with Gasteiger partial charge in [0.05, 0.1) is 32.3 Å². The molecule has 0 saturated heterocycles. The van der Waals surface area contributed by atoms with Gasteiger partial charge in [-0.25, -0.2) is 4.79 Å². The van der Waals surface area contributed by atoms with Gasteiger partial charge >= 0.3 is 11.9 Å². The summed E-state index contributed by atoms with van der Waals surface area (Å²) in [7, 11) is 2.86. The van der Waals surface area contributed by atoms with Crippen molar-refractivity contribution >= 4 is 23.4 Å². The zero-order valence-corrected chi connectivity index (χ0v) is 18.6. The van der Waals surface area contributed by atoms with Crippen LogP contribution in [0.5, 0.6) is 5.75 Å². The van der Waals surface area contributed by atoms with Crippen LogP contribution in [-0.4, -0.2) is 44.3 Å². The van der Waals surface area contributed by atoms with Gasteiger partial charge in [0.15, 0.2) is 5.78 Å². The third-order valence-electron chi connectivity index (χ3n) is 6.00. The standard InChI is InChI=1S/C24H29NO6/c1-6-11-31-24(28)19-14(3)25-17-12-13(2)18(23(27)30-5)22(26)21(17)20(19)15-7-9-16(29-4)10-8-15/h7-10,13,18,20-21H,6,11-12H2,1-5H3/t13-,18-,20-,21-/m1/s1. The summed E-state index contributed by atoms with van der Waals surface area (Å²) in [5.74, 6) is -3.06. The Labute approximate surface area is 182 Å². The number of aliphatic imine (C=N–C) groups is 1. The predicted octanol–water partition coefficient (Wildman–Crippen LogP) is 3.47. The van der Waals surface area contributed by atoms with E-state index in [1.54, 1.807) is 26.2 Å². The number of carbonyl (C=O) groups excluding carboxylic acids is 3. The molecule has 1 aromatic carbocycles. The number of hydrogen-bond acceptors (Lipinski definition) is 7. The molecule has 1 fully saturated rings. The van der Waals surface area contributed by atoms with Crippen molar-refractivity contribution < 1.29 is 28.6 Å². The lowest BCUT2D eigenvalue weighted by Gasteiger charge is -2.40. The van der Waals surface area contributed by atoms with Gasteiger partial charge in [0.2, 0.25) is 0 Å². The molecule has 1 heterocycles. The fraction of sp³-hybridized carbons (Fsp3) is 0.500. The highest BCUT2D eigenvalue weighted by atomic mass is 16.5. The van der Waals surface area contributed by atoms with Crippen molar-refractivity contribution in [3.8, 4) is 5.75 Å². The van der Waals surface area contributed by atoms with E-state index in [1.165, 1.54) is 7.11 Å². The maximum Gasteiger partial charge on any atom is 0.336 e. The minimum atomic E-state index is -0.888. The summed E-state index contributed by atoms with van der Waals surface area (Å²) >= 11 is 0. The number of carbonyl (C=O) groups is 3. The molecule has 1 aromatic rings. The zero-order chi connectivity index (χ0) is 22.7. The Balaban J connectivity index is 2.13. The van der Waals surface area contributed by atoms with Gasteiger partial charge in [-0.2, -0.15) is 0 Å². The molecule has 0 bridgehead atoms. The van der Waals surface area contributed by atoms with Crippen molar-refractivity contribution in [1.82, 2.24) is 0 Å². The number of fused-ring (bicyclic) bond motifs is 1. The maximum atomic E-state index is 13.6. The first-order chi connectivity index (χ1) is 14.8. The molecular weight excluding hydrogens is 398 g/mol. The topological polar surface area (TPSA) is 91.3 Å². The molecule has 31 heavy (non-hydrogen) atoms. The summed E-state index contributed by atoms with van der Waals surface area (Å²) < 4.78 is 15.6. The summed E-state index contributed by atoms with van der Waals surface area (Å²) in [5, 5.41) is 0. The van der Waals surface area contributed by atoms with Crippen LogP contribution >= 0.6 is 0 Å². The molecule has 3 rings (SSSR count). The number of allylic oxidation sites excluding steroid dienone is 1. The summed E-state index contributed by atoms with van der Waals surface area (Å²) in [6.45, 7) is 5.82. The fourth-order valence-electron chi connectivity index (χ4n) is 4.54. The highest BCUT2D eigenvalue weighted by molar-refractivity contribution is 6.17. The lowest BCUT2D eigenvalue weighted by atomic mass is 9.64. The molecule has 0 amide bonds. The molecule has 0 radical (unpaired) electrons. The van der Waals surface area contributed by atoms with Crippen LogP contribution in [0.25, 0.3) is 0 Å². The second kappa shape index (κ2) is 9.45. The highest BCUT2D eigenvalue weighted by Crippen LogP contribution is 2.46. The van der Waals surface area contributed by atoms with Gasteiger partial charge in [0.25, 0.3) is 0 Å². The van der Waals surface area contributed by atoms with E-state index in [0.29, 0.717) is 35.6 Å². The number of benzene rings is 1. The average Bonchev–Trinajstić information content (AvgIpc) is 2.76. The minimum absolute atomic E-state index is 0.229. The van der Waals surface area contributed by atoms with E-state index in [4.69, 9.17) is 14.2 Å². The van der Waals surface area contributed by atoms with Gasteiger partial charge in [0.1, 0.15) is 11.7 Å². The third-order valence-corrected chi connectivity index (χ3v) is 6.00. The lowest BCUT2D eigenvalue weighted by molar-refractivity contribution is -0.152. The number of Topliss-reactive ketones (excluding diaryl/α,β-unsaturated/α-hetero) is 1. The van der Waals surface area contributed by atoms with Crippen LogP contribution in [0.2, 0.25) is 0 Å². The quantitative estimate of drug-likeness (QED) is 0.510. The molecule has 2 aliphatic rings. The largest absolute Gasteiger partial charge is 0.497 e. The Morgan fingerprint density at radius 3 is 2.39 bits per heavy atom. The number of rotatable bonds is 6. The first kappa shape index (κ1) is 22.7. The van der Waals surface area contributed by atoms with Crippen molar-refractivity contribution in [2.24, 2.45) is 22.7 Å². The number of ketones is 1. The van der Waals surface area contributed by atoms with E-state index in [1.807, 2.05) is 26.0 Å². The number of hydrogen-bond donors (Lipinski definition) is 0. The summed E-state index contributed by atoms with van der Waals surface area (Å²) in [5.41, 5.74) is 2.37. The van der Waals surface area contributed by atoms with Crippen LogP contribution in [0.3, 0.4) is 0 Å². The molecule has 0 spiro atoms. The van der Waals surface area contributed by atoms with Crippen LogP contribution < -0.4 is 4.74 Å². The molecule has 4 atom stereocenters. The molecular formula is C24H29NO6. The van der Waals surface area contributed by atoms with Crippen molar-refractivity contribution in [2.75, 3.05) is 20.8 Å². The van der Waals surface area contributed by atoms with E-state index in [2.05, 4.69) is 4.99 Å². The molecule has 0 unspecified atom stereocenters. The van der Waals surface area contributed by atoms with Gasteiger partial charge < -0.3 is 14.2 Å². The van der Waals surface area contributed by atoms with Crippen molar-refractivity contribution in [1.29, 1.82) is 0 Å². The molecule has 1 aliphatic heterocycles. The minimum Gasteiger partial charge on any atom is -0.497 e. The molecule has 7 heteroatoms. The Hall–Kier alpha value is -2.96. The Morgan fingerprint density at radius 1 is 1.13 bits per heavy atom. The molecule has 1 saturated carbocycles. The fourth-order valence-corrected chi connectivity index (χ4v) is 4.54. The monoisotopic (exact) mass is 427 g/mol. The predicted molar refractivity (Wildman–Crippen MR) is 115 cm³/mol. The van der Waals surface area contributed by atoms with E-state index >= 15 is 0 Å². The number of ether oxygens (including phenoxy) is 3. The molecule has 1 aliphatic carbocycles. The normalized spacial score (nSPS) is 25.5. The molecule has 0 N–H and O–H groups in total. The lowest BCUT2D eigenvalue weighted by Crippen LogP contribution is -2.48. The number of methoxy groups -OCH3 is 2. The third kappa shape index (κ3) is 4.27. The Bertz CT molecular complexity index is 930. The average molecular weight is 427 g/mol. The number of esters is 2. The van der Waals surface area contributed by atoms with E-state index < -0.39 is 29.7 Å². The Morgan fingerprint density at radius 2 is 1.81 bits per heavy atom. The summed E-state index contributed by atoms with van der Waals surface area (Å²) in [6.07, 6.45) is 1.17. The maximum absolute atomic E-state index is 13.6. The van der Waals surface area contributed by atoms with E-state index in [0.717, 1.165) is 5.56 Å². The van der Waals surface area contributed by atoms with Crippen LogP contribution in [0.4, 0.5) is 0 Å². The van der Waals surface area contributed by atoms with Gasteiger partial charge in [-0.3, -0.25) is 14.6 Å². The SMILES string of the molecule is CCCOC(=O)C1=C(C)N=C2C[C@@H](C)[C@@H](C(=O)OC)C(=O)[C@H]2[C@@H]1c1ccc(OC)cc1. The first-order valence-corrected chi connectivity index (χ1v) is 10.5. The van der Waals surface area contributed by atoms with Gasteiger partial charge in [0, 0.05) is 17.3 Å². The molecule has 7 nitrogen and oxygen atoms in total. The Kier molecular flexibility index (Phi) is 6.93. The van der Waals surface area contributed by atoms with Crippen molar-refractivity contribution in [2.45, 2.75) is 39.5 Å². The van der Waals surface area contributed by atoms with Crippen LogP contribution in [0, 0.1) is 17.8 Å².